The maximum Gasteiger partial charge on any atom is 0.244 e. The Bertz CT molecular complexity index is 1080. The van der Waals surface area contributed by atoms with Gasteiger partial charge in [0.05, 0.1) is 11.9 Å². The lowest BCUT2D eigenvalue weighted by molar-refractivity contribution is -0.140. The van der Waals surface area contributed by atoms with E-state index in [-0.39, 0.29) is 28.2 Å². The molecular weight excluding hydrogens is 492 g/mol. The van der Waals surface area contributed by atoms with Crippen molar-refractivity contribution in [2.45, 2.75) is 32.9 Å². The number of rotatable bonds is 10. The molecule has 0 radical (unpaired) electrons. The predicted octanol–water partition coefficient (Wildman–Crippen LogP) is 3.84. The van der Waals surface area contributed by atoms with Gasteiger partial charge < -0.3 is 10.2 Å². The Morgan fingerprint density at radius 3 is 2.12 bits per heavy atom. The molecule has 1 atom stereocenters. The molecule has 33 heavy (non-hydrogen) atoms. The number of likely N-dealkylation sites (N-methyl/N-ethyl adjacent to an activating group) is 1. The van der Waals surface area contributed by atoms with Crippen molar-refractivity contribution in [1.29, 1.82) is 0 Å². The number of amides is 2. The molecule has 0 spiro atoms. The van der Waals surface area contributed by atoms with Crippen molar-refractivity contribution in [3.05, 3.63) is 63.9 Å². The van der Waals surface area contributed by atoms with Crippen molar-refractivity contribution in [1.82, 2.24) is 10.2 Å². The van der Waals surface area contributed by atoms with Crippen LogP contribution < -0.4 is 9.62 Å². The summed E-state index contributed by atoms with van der Waals surface area (Å²) in [6, 6.07) is 8.87. The Labute approximate surface area is 203 Å². The maximum atomic E-state index is 13.4. The summed E-state index contributed by atoms with van der Waals surface area (Å²) >= 11 is 12.1. The molecule has 2 aromatic rings. The second-order valence-electron chi connectivity index (χ2n) is 7.36. The SMILES string of the molecule is CCNC(=O)[C@@H](CC)N(Cc1ccc(F)cc1)C(=O)CN(c1cc(Cl)cc(Cl)c1)S(C)(=O)=O. The average molecular weight is 518 g/mol. The van der Waals surface area contributed by atoms with Gasteiger partial charge in [0, 0.05) is 23.1 Å². The zero-order valence-electron chi connectivity index (χ0n) is 18.5. The molecular formula is C22H26Cl2FN3O4S. The van der Waals surface area contributed by atoms with Crippen LogP contribution in [0.2, 0.25) is 10.0 Å². The molecule has 0 aromatic heterocycles. The Balaban J connectivity index is 2.45. The van der Waals surface area contributed by atoms with E-state index in [4.69, 9.17) is 23.2 Å². The average Bonchev–Trinajstić information content (AvgIpc) is 2.71. The number of nitrogens with zero attached hydrogens (tertiary/aromatic N) is 2. The number of carbonyl (C=O) groups is 2. The number of anilines is 1. The highest BCUT2D eigenvalue weighted by Gasteiger charge is 2.31. The Hall–Kier alpha value is -2.36. The van der Waals surface area contributed by atoms with Gasteiger partial charge in [-0.2, -0.15) is 0 Å². The van der Waals surface area contributed by atoms with Gasteiger partial charge in [-0.1, -0.05) is 42.3 Å². The van der Waals surface area contributed by atoms with Crippen LogP contribution in [0.4, 0.5) is 10.1 Å². The van der Waals surface area contributed by atoms with Gasteiger partial charge in [-0.05, 0) is 49.2 Å². The minimum absolute atomic E-state index is 0.0113. The first kappa shape index (κ1) is 26.9. The van der Waals surface area contributed by atoms with Crippen molar-refractivity contribution in [3.8, 4) is 0 Å². The first-order chi connectivity index (χ1) is 15.5. The summed E-state index contributed by atoms with van der Waals surface area (Å²) in [4.78, 5) is 27.4. The molecule has 1 N–H and O–H groups in total. The fraction of sp³-hybridized carbons (Fsp3) is 0.364. The second kappa shape index (κ2) is 11.7. The van der Waals surface area contributed by atoms with Gasteiger partial charge in [-0.25, -0.2) is 12.8 Å². The van der Waals surface area contributed by atoms with Crippen molar-refractivity contribution < 1.29 is 22.4 Å². The quantitative estimate of drug-likeness (QED) is 0.518. The van der Waals surface area contributed by atoms with E-state index in [2.05, 4.69) is 5.32 Å². The molecule has 7 nitrogen and oxygen atoms in total. The van der Waals surface area contributed by atoms with E-state index in [0.717, 1.165) is 10.6 Å². The summed E-state index contributed by atoms with van der Waals surface area (Å²) in [5.74, 6) is -1.42. The Kier molecular flexibility index (Phi) is 9.51. The van der Waals surface area contributed by atoms with E-state index in [9.17, 15) is 22.4 Å². The smallest absolute Gasteiger partial charge is 0.244 e. The third kappa shape index (κ3) is 7.58. The van der Waals surface area contributed by atoms with Crippen molar-refractivity contribution in [2.24, 2.45) is 0 Å². The van der Waals surface area contributed by atoms with Gasteiger partial charge in [0.25, 0.3) is 0 Å². The molecule has 2 aromatic carbocycles. The lowest BCUT2D eigenvalue weighted by Gasteiger charge is -2.32. The Morgan fingerprint density at radius 2 is 1.64 bits per heavy atom. The molecule has 0 bridgehead atoms. The first-order valence-corrected chi connectivity index (χ1v) is 12.8. The lowest BCUT2D eigenvalue weighted by Crippen LogP contribution is -2.52. The summed E-state index contributed by atoms with van der Waals surface area (Å²) < 4.78 is 39.3. The van der Waals surface area contributed by atoms with Gasteiger partial charge in [-0.3, -0.25) is 13.9 Å². The third-order valence-corrected chi connectivity index (χ3v) is 6.39. The summed E-state index contributed by atoms with van der Waals surface area (Å²) in [6.07, 6.45) is 1.25. The fourth-order valence-electron chi connectivity index (χ4n) is 3.30. The highest BCUT2D eigenvalue weighted by molar-refractivity contribution is 7.92. The third-order valence-electron chi connectivity index (χ3n) is 4.82. The molecule has 0 saturated heterocycles. The van der Waals surface area contributed by atoms with Gasteiger partial charge >= 0.3 is 0 Å². The van der Waals surface area contributed by atoms with Crippen LogP contribution in [0.5, 0.6) is 0 Å². The minimum Gasteiger partial charge on any atom is -0.355 e. The molecule has 180 valence electrons. The molecule has 0 aliphatic carbocycles. The molecule has 0 unspecified atom stereocenters. The number of halogens is 3. The molecule has 2 amide bonds. The van der Waals surface area contributed by atoms with Crippen LogP contribution in [0.15, 0.2) is 42.5 Å². The second-order valence-corrected chi connectivity index (χ2v) is 10.1. The van der Waals surface area contributed by atoms with Crippen molar-refractivity contribution in [2.75, 3.05) is 23.7 Å². The van der Waals surface area contributed by atoms with Crippen LogP contribution in [0, 0.1) is 5.82 Å². The van der Waals surface area contributed by atoms with Crippen LogP contribution in [0.1, 0.15) is 25.8 Å². The van der Waals surface area contributed by atoms with Crippen LogP contribution >= 0.6 is 23.2 Å². The zero-order chi connectivity index (χ0) is 24.8. The molecule has 0 fully saturated rings. The Morgan fingerprint density at radius 1 is 1.06 bits per heavy atom. The highest BCUT2D eigenvalue weighted by Crippen LogP contribution is 2.27. The van der Waals surface area contributed by atoms with Crippen LogP contribution in [-0.2, 0) is 26.2 Å². The topological polar surface area (TPSA) is 86.8 Å². The minimum atomic E-state index is -3.90. The molecule has 2 rings (SSSR count). The van der Waals surface area contributed by atoms with E-state index in [1.165, 1.54) is 47.4 Å². The van der Waals surface area contributed by atoms with Gasteiger partial charge in [0.1, 0.15) is 18.4 Å². The number of nitrogens with one attached hydrogen (secondary N) is 1. The van der Waals surface area contributed by atoms with Gasteiger partial charge in [-0.15, -0.1) is 0 Å². The van der Waals surface area contributed by atoms with E-state index < -0.39 is 34.3 Å². The zero-order valence-corrected chi connectivity index (χ0v) is 20.8. The highest BCUT2D eigenvalue weighted by atomic mass is 35.5. The standard InChI is InChI=1S/C22H26Cl2FN3O4S/c1-4-20(22(30)26-5-2)27(13-15-6-8-18(25)9-7-15)21(29)14-28(33(3,31)32)19-11-16(23)10-17(24)12-19/h6-12,20H,4-5,13-14H2,1-3H3,(H,26,30)/t20-/m1/s1. The number of hydrogen-bond acceptors (Lipinski definition) is 4. The first-order valence-electron chi connectivity index (χ1n) is 10.2. The van der Waals surface area contributed by atoms with Gasteiger partial charge in [0.2, 0.25) is 21.8 Å². The van der Waals surface area contributed by atoms with Gasteiger partial charge in [0.15, 0.2) is 0 Å². The monoisotopic (exact) mass is 517 g/mol. The van der Waals surface area contributed by atoms with E-state index >= 15 is 0 Å². The number of carbonyl (C=O) groups excluding carboxylic acids is 2. The number of hydrogen-bond donors (Lipinski definition) is 1. The predicted molar refractivity (Wildman–Crippen MR) is 128 cm³/mol. The van der Waals surface area contributed by atoms with E-state index in [1.807, 2.05) is 0 Å². The van der Waals surface area contributed by atoms with E-state index in [1.54, 1.807) is 13.8 Å². The normalized spacial score (nSPS) is 12.2. The fourth-order valence-corrected chi connectivity index (χ4v) is 4.64. The molecule has 0 heterocycles. The van der Waals surface area contributed by atoms with Crippen molar-refractivity contribution in [3.63, 3.8) is 0 Å². The van der Waals surface area contributed by atoms with Crippen LogP contribution in [0.25, 0.3) is 0 Å². The van der Waals surface area contributed by atoms with Crippen molar-refractivity contribution >= 4 is 50.7 Å². The number of benzene rings is 2. The van der Waals surface area contributed by atoms with Crippen LogP contribution in [-0.4, -0.2) is 50.5 Å². The van der Waals surface area contributed by atoms with Crippen LogP contribution in [0.3, 0.4) is 0 Å². The summed E-state index contributed by atoms with van der Waals surface area (Å²) in [5, 5.41) is 3.11. The largest absolute Gasteiger partial charge is 0.355 e. The summed E-state index contributed by atoms with van der Waals surface area (Å²) in [6.45, 7) is 3.28. The molecule has 0 saturated carbocycles. The lowest BCUT2D eigenvalue weighted by atomic mass is 10.1. The molecule has 0 aliphatic heterocycles. The summed E-state index contributed by atoms with van der Waals surface area (Å²) in [7, 11) is -3.90. The molecule has 11 heteroatoms. The molecule has 0 aliphatic rings. The van der Waals surface area contributed by atoms with E-state index in [0.29, 0.717) is 18.5 Å². The number of sulfonamides is 1. The summed E-state index contributed by atoms with van der Waals surface area (Å²) in [5.41, 5.74) is 0.709. The maximum absolute atomic E-state index is 13.4.